The standard InChI is InChI=1S/C16H21NO8S/c1-22-12-5-4-11(14(23-2)15(12)24-3)16(19)25-8-13(18)17-10-6-7-26(20,21)9-10/h4-5,10H,6-9H2,1-3H3,(H,17,18)/t10-/m1/s1. The summed E-state index contributed by atoms with van der Waals surface area (Å²) in [6.45, 7) is -0.535. The van der Waals surface area contributed by atoms with Crippen LogP contribution in [0, 0.1) is 0 Å². The highest BCUT2D eigenvalue weighted by atomic mass is 32.2. The second kappa shape index (κ2) is 8.26. The zero-order chi connectivity index (χ0) is 19.3. The number of amides is 1. The van der Waals surface area contributed by atoms with Crippen molar-refractivity contribution in [2.75, 3.05) is 39.4 Å². The van der Waals surface area contributed by atoms with Crippen molar-refractivity contribution in [2.24, 2.45) is 0 Å². The zero-order valence-electron chi connectivity index (χ0n) is 14.7. The van der Waals surface area contributed by atoms with Gasteiger partial charge in [-0.1, -0.05) is 0 Å². The fourth-order valence-corrected chi connectivity index (χ4v) is 4.32. The lowest BCUT2D eigenvalue weighted by molar-refractivity contribution is -0.124. The Kier molecular flexibility index (Phi) is 6.30. The number of hydrogen-bond donors (Lipinski definition) is 1. The van der Waals surface area contributed by atoms with Crippen molar-refractivity contribution in [3.05, 3.63) is 17.7 Å². The Labute approximate surface area is 151 Å². The quantitative estimate of drug-likeness (QED) is 0.658. The number of carbonyl (C=O) groups excluding carboxylic acids is 2. The predicted octanol–water partition coefficient (Wildman–Crippen LogP) is 0.173. The molecule has 26 heavy (non-hydrogen) atoms. The van der Waals surface area contributed by atoms with Gasteiger partial charge in [-0.2, -0.15) is 0 Å². The molecule has 1 aromatic rings. The molecule has 1 aliphatic rings. The number of rotatable bonds is 7. The topological polar surface area (TPSA) is 117 Å². The van der Waals surface area contributed by atoms with E-state index in [9.17, 15) is 18.0 Å². The Morgan fingerprint density at radius 3 is 2.35 bits per heavy atom. The first-order valence-electron chi connectivity index (χ1n) is 7.77. The van der Waals surface area contributed by atoms with E-state index in [0.29, 0.717) is 12.2 Å². The number of nitrogens with one attached hydrogen (secondary N) is 1. The summed E-state index contributed by atoms with van der Waals surface area (Å²) in [7, 11) is 1.11. The summed E-state index contributed by atoms with van der Waals surface area (Å²) in [4.78, 5) is 24.1. The van der Waals surface area contributed by atoms with Crippen LogP contribution in [0.3, 0.4) is 0 Å². The van der Waals surface area contributed by atoms with Gasteiger partial charge in [0.25, 0.3) is 5.91 Å². The smallest absolute Gasteiger partial charge is 0.342 e. The molecule has 1 heterocycles. The van der Waals surface area contributed by atoms with Crippen molar-refractivity contribution in [1.29, 1.82) is 0 Å². The summed E-state index contributed by atoms with van der Waals surface area (Å²) in [6, 6.07) is 2.49. The second-order valence-corrected chi connectivity index (χ2v) is 7.85. The summed E-state index contributed by atoms with van der Waals surface area (Å²) >= 11 is 0. The number of sulfone groups is 1. The minimum absolute atomic E-state index is 0.0422. The average molecular weight is 387 g/mol. The van der Waals surface area contributed by atoms with Gasteiger partial charge >= 0.3 is 5.97 Å². The maximum absolute atomic E-state index is 12.3. The summed E-state index contributed by atoms with van der Waals surface area (Å²) in [5.41, 5.74) is 0.0707. The lowest BCUT2D eigenvalue weighted by Crippen LogP contribution is -2.38. The molecule has 2 rings (SSSR count). The summed E-state index contributed by atoms with van der Waals surface area (Å²) in [5, 5.41) is 2.54. The molecule has 144 valence electrons. The number of carbonyl (C=O) groups is 2. The van der Waals surface area contributed by atoms with Crippen LogP contribution >= 0.6 is 0 Å². The number of benzene rings is 1. The van der Waals surface area contributed by atoms with Crippen LogP contribution in [0.25, 0.3) is 0 Å². The molecule has 0 bridgehead atoms. The van der Waals surface area contributed by atoms with Gasteiger partial charge in [-0.15, -0.1) is 0 Å². The number of methoxy groups -OCH3 is 3. The third-order valence-corrected chi connectivity index (χ3v) is 5.62. The Morgan fingerprint density at radius 1 is 1.12 bits per heavy atom. The van der Waals surface area contributed by atoms with E-state index in [-0.39, 0.29) is 28.6 Å². The van der Waals surface area contributed by atoms with Gasteiger partial charge in [0.15, 0.2) is 27.9 Å². The van der Waals surface area contributed by atoms with E-state index in [0.717, 1.165) is 0 Å². The number of esters is 1. The molecule has 0 aliphatic carbocycles. The van der Waals surface area contributed by atoms with Crippen LogP contribution in [-0.2, 0) is 19.4 Å². The fourth-order valence-electron chi connectivity index (χ4n) is 2.65. The van der Waals surface area contributed by atoms with Crippen LogP contribution in [0.2, 0.25) is 0 Å². The zero-order valence-corrected chi connectivity index (χ0v) is 15.6. The van der Waals surface area contributed by atoms with Gasteiger partial charge in [0, 0.05) is 6.04 Å². The maximum Gasteiger partial charge on any atom is 0.342 e. The van der Waals surface area contributed by atoms with Gasteiger partial charge in [0.05, 0.1) is 32.8 Å². The van der Waals surface area contributed by atoms with Gasteiger partial charge in [-0.05, 0) is 18.6 Å². The molecule has 1 atom stereocenters. The molecule has 1 amide bonds. The predicted molar refractivity (Wildman–Crippen MR) is 91.6 cm³/mol. The average Bonchev–Trinajstić information content (AvgIpc) is 2.96. The molecule has 0 saturated carbocycles. The summed E-state index contributed by atoms with van der Waals surface area (Å²) < 4.78 is 43.3. The molecular formula is C16H21NO8S. The maximum atomic E-state index is 12.3. The van der Waals surface area contributed by atoms with E-state index in [1.54, 1.807) is 0 Å². The van der Waals surface area contributed by atoms with E-state index in [1.807, 2.05) is 0 Å². The highest BCUT2D eigenvalue weighted by molar-refractivity contribution is 7.91. The Balaban J connectivity index is 2.00. The van der Waals surface area contributed by atoms with Crippen LogP contribution < -0.4 is 19.5 Å². The van der Waals surface area contributed by atoms with Crippen molar-refractivity contribution in [1.82, 2.24) is 5.32 Å². The summed E-state index contributed by atoms with van der Waals surface area (Å²) in [5.74, 6) is -0.682. The Morgan fingerprint density at radius 2 is 1.81 bits per heavy atom. The molecule has 1 fully saturated rings. The van der Waals surface area contributed by atoms with Gasteiger partial charge in [-0.3, -0.25) is 4.79 Å². The first kappa shape index (κ1) is 19.8. The second-order valence-electron chi connectivity index (χ2n) is 5.63. The molecule has 9 nitrogen and oxygen atoms in total. The largest absolute Gasteiger partial charge is 0.493 e. The molecule has 0 aromatic heterocycles. The minimum Gasteiger partial charge on any atom is -0.493 e. The van der Waals surface area contributed by atoms with Crippen molar-refractivity contribution < 1.29 is 37.0 Å². The molecule has 1 aromatic carbocycles. The van der Waals surface area contributed by atoms with Crippen LogP contribution in [0.15, 0.2) is 12.1 Å². The first-order chi connectivity index (χ1) is 12.3. The highest BCUT2D eigenvalue weighted by Gasteiger charge is 2.29. The highest BCUT2D eigenvalue weighted by Crippen LogP contribution is 2.39. The van der Waals surface area contributed by atoms with Crippen LogP contribution in [-0.4, -0.2) is 65.8 Å². The van der Waals surface area contributed by atoms with E-state index in [1.165, 1.54) is 33.5 Å². The fraction of sp³-hybridized carbons (Fsp3) is 0.500. The molecular weight excluding hydrogens is 366 g/mol. The third kappa shape index (κ3) is 4.57. The van der Waals surface area contributed by atoms with E-state index >= 15 is 0 Å². The van der Waals surface area contributed by atoms with Crippen molar-refractivity contribution in [3.8, 4) is 17.2 Å². The molecule has 10 heteroatoms. The van der Waals surface area contributed by atoms with Crippen LogP contribution in [0.5, 0.6) is 17.2 Å². The van der Waals surface area contributed by atoms with Crippen molar-refractivity contribution in [2.45, 2.75) is 12.5 Å². The van der Waals surface area contributed by atoms with E-state index in [2.05, 4.69) is 5.32 Å². The Hall–Kier alpha value is -2.49. The van der Waals surface area contributed by atoms with Crippen molar-refractivity contribution in [3.63, 3.8) is 0 Å². The monoisotopic (exact) mass is 387 g/mol. The van der Waals surface area contributed by atoms with Gasteiger partial charge in [0.2, 0.25) is 5.75 Å². The van der Waals surface area contributed by atoms with Crippen LogP contribution in [0.4, 0.5) is 0 Å². The SMILES string of the molecule is COc1ccc(C(=O)OCC(=O)N[C@@H]2CCS(=O)(=O)C2)c(OC)c1OC. The molecule has 0 radical (unpaired) electrons. The van der Waals surface area contributed by atoms with E-state index in [4.69, 9.17) is 18.9 Å². The third-order valence-electron chi connectivity index (χ3n) is 3.86. The lowest BCUT2D eigenvalue weighted by atomic mass is 10.1. The van der Waals surface area contributed by atoms with Gasteiger partial charge in [-0.25, -0.2) is 13.2 Å². The summed E-state index contributed by atoms with van der Waals surface area (Å²) in [6.07, 6.45) is 0.353. The lowest BCUT2D eigenvalue weighted by Gasteiger charge is -2.15. The minimum atomic E-state index is -3.10. The molecule has 1 N–H and O–H groups in total. The van der Waals surface area contributed by atoms with Gasteiger partial charge in [0.1, 0.15) is 5.56 Å². The van der Waals surface area contributed by atoms with Crippen molar-refractivity contribution >= 4 is 21.7 Å². The normalized spacial score (nSPS) is 18.0. The Bertz CT molecular complexity index is 790. The first-order valence-corrected chi connectivity index (χ1v) is 9.59. The molecule has 1 saturated heterocycles. The number of ether oxygens (including phenoxy) is 4. The molecule has 1 aliphatic heterocycles. The van der Waals surface area contributed by atoms with E-state index < -0.39 is 34.4 Å². The number of hydrogen-bond acceptors (Lipinski definition) is 8. The van der Waals surface area contributed by atoms with Crippen LogP contribution in [0.1, 0.15) is 16.8 Å². The molecule has 0 unspecified atom stereocenters. The molecule has 0 spiro atoms. The van der Waals surface area contributed by atoms with Gasteiger partial charge < -0.3 is 24.3 Å².